The number of para-hydroxylation sites is 1. The number of H-pyrrole nitrogens is 1. The Morgan fingerprint density at radius 3 is 2.50 bits per heavy atom. The summed E-state index contributed by atoms with van der Waals surface area (Å²) in [6, 6.07) is 6.81. The summed E-state index contributed by atoms with van der Waals surface area (Å²) in [4.78, 5) is 37.0. The van der Waals surface area contributed by atoms with Crippen LogP contribution in [-0.2, 0) is 11.4 Å². The highest BCUT2D eigenvalue weighted by atomic mass is 16.4. The van der Waals surface area contributed by atoms with E-state index in [0.717, 1.165) is 0 Å². The quantitative estimate of drug-likeness (QED) is 0.707. The van der Waals surface area contributed by atoms with Crippen LogP contribution in [0.15, 0.2) is 29.1 Å². The van der Waals surface area contributed by atoms with Gasteiger partial charge in [-0.15, -0.1) is 0 Å². The number of aromatic amines is 1. The first-order valence-electron chi connectivity index (χ1n) is 6.04. The molecule has 1 aromatic carbocycles. The second-order valence-corrected chi connectivity index (χ2v) is 4.33. The van der Waals surface area contributed by atoms with Crippen molar-refractivity contribution in [3.8, 4) is 0 Å². The van der Waals surface area contributed by atoms with Gasteiger partial charge in [-0.25, -0.2) is 0 Å². The number of pyridine rings is 1. The topological polar surface area (TPSA) is 107 Å². The van der Waals surface area contributed by atoms with E-state index in [1.54, 1.807) is 24.3 Å². The lowest BCUT2D eigenvalue weighted by Gasteiger charge is -2.09. The van der Waals surface area contributed by atoms with Crippen molar-refractivity contribution < 1.29 is 19.8 Å². The number of hydrogen-bond acceptors (Lipinski definition) is 4. The number of nitrogens with one attached hydrogen (secondary N) is 1. The predicted molar refractivity (Wildman–Crippen MR) is 71.7 cm³/mol. The van der Waals surface area contributed by atoms with Gasteiger partial charge < -0.3 is 15.2 Å². The number of Topliss-reactive ketones (excluding diaryl/α,β-unsaturated/α-hetero) is 1. The van der Waals surface area contributed by atoms with Crippen molar-refractivity contribution in [1.29, 1.82) is 0 Å². The molecule has 6 heteroatoms. The first kappa shape index (κ1) is 14.0. The fraction of sp³-hybridized carbons (Fsp3) is 0.214. The number of aliphatic hydroxyl groups excluding tert-OH is 1. The number of carboxylic acid groups (broad SMARTS) is 1. The molecule has 0 amide bonds. The van der Waals surface area contributed by atoms with Crippen molar-refractivity contribution in [3.63, 3.8) is 0 Å². The number of benzene rings is 1. The van der Waals surface area contributed by atoms with Crippen LogP contribution < -0.4 is 5.56 Å². The maximum atomic E-state index is 12.0. The van der Waals surface area contributed by atoms with Crippen LogP contribution in [0.1, 0.15) is 28.8 Å². The molecule has 2 rings (SSSR count). The van der Waals surface area contributed by atoms with E-state index in [9.17, 15) is 19.5 Å². The number of aliphatic carboxylic acids is 1. The Hall–Kier alpha value is -2.47. The summed E-state index contributed by atoms with van der Waals surface area (Å²) in [5, 5.41) is 18.6. The Labute approximate surface area is 113 Å². The third kappa shape index (κ3) is 2.60. The van der Waals surface area contributed by atoms with Gasteiger partial charge in [-0.2, -0.15) is 0 Å². The zero-order valence-corrected chi connectivity index (χ0v) is 10.5. The second-order valence-electron chi connectivity index (χ2n) is 4.33. The van der Waals surface area contributed by atoms with Gasteiger partial charge >= 0.3 is 5.97 Å². The molecule has 3 N–H and O–H groups in total. The molecule has 0 aliphatic rings. The van der Waals surface area contributed by atoms with Crippen molar-refractivity contribution in [2.75, 3.05) is 0 Å². The van der Waals surface area contributed by atoms with Crippen LogP contribution in [-0.4, -0.2) is 26.9 Å². The number of aromatic nitrogens is 1. The second kappa shape index (κ2) is 5.66. The molecule has 1 heterocycles. The molecule has 0 fully saturated rings. The van der Waals surface area contributed by atoms with E-state index >= 15 is 0 Å². The van der Waals surface area contributed by atoms with Crippen molar-refractivity contribution in [2.24, 2.45) is 0 Å². The van der Waals surface area contributed by atoms with Gasteiger partial charge in [0.05, 0.1) is 18.6 Å². The molecule has 0 saturated carbocycles. The van der Waals surface area contributed by atoms with E-state index in [2.05, 4.69) is 4.98 Å². The average Bonchev–Trinajstić information content (AvgIpc) is 2.43. The minimum Gasteiger partial charge on any atom is -0.481 e. The first-order chi connectivity index (χ1) is 9.54. The van der Waals surface area contributed by atoms with Crippen LogP contribution in [0.3, 0.4) is 0 Å². The maximum Gasteiger partial charge on any atom is 0.303 e. The summed E-state index contributed by atoms with van der Waals surface area (Å²) in [7, 11) is 0. The maximum absolute atomic E-state index is 12.0. The lowest BCUT2D eigenvalue weighted by Crippen LogP contribution is -2.21. The van der Waals surface area contributed by atoms with E-state index in [-0.39, 0.29) is 24.0 Å². The number of rotatable bonds is 5. The molecule has 0 bridgehead atoms. The molecule has 0 spiro atoms. The Bertz CT molecular complexity index is 732. The molecule has 1 aromatic heterocycles. The normalized spacial score (nSPS) is 10.7. The number of ketones is 1. The summed E-state index contributed by atoms with van der Waals surface area (Å²) in [6.07, 6.45) is -0.625. The number of carboxylic acids is 1. The fourth-order valence-electron chi connectivity index (χ4n) is 2.12. The molecule has 20 heavy (non-hydrogen) atoms. The van der Waals surface area contributed by atoms with Crippen molar-refractivity contribution in [1.82, 2.24) is 4.98 Å². The lowest BCUT2D eigenvalue weighted by atomic mass is 9.98. The number of hydrogen-bond donors (Lipinski definition) is 3. The van der Waals surface area contributed by atoms with E-state index in [1.165, 1.54) is 0 Å². The van der Waals surface area contributed by atoms with Crippen LogP contribution in [0, 0.1) is 0 Å². The summed E-state index contributed by atoms with van der Waals surface area (Å²) in [5.41, 5.74) is -0.00772. The Kier molecular flexibility index (Phi) is 3.95. The summed E-state index contributed by atoms with van der Waals surface area (Å²) in [6.45, 7) is -0.460. The van der Waals surface area contributed by atoms with Gasteiger partial charge in [-0.05, 0) is 6.07 Å². The Morgan fingerprint density at radius 2 is 1.85 bits per heavy atom. The van der Waals surface area contributed by atoms with E-state index in [4.69, 9.17) is 5.11 Å². The van der Waals surface area contributed by atoms with Gasteiger partial charge in [-0.1, -0.05) is 18.2 Å². The van der Waals surface area contributed by atoms with Gasteiger partial charge in [0, 0.05) is 22.9 Å². The van der Waals surface area contributed by atoms with Gasteiger partial charge in [0.1, 0.15) is 0 Å². The molecule has 2 aromatic rings. The Morgan fingerprint density at radius 1 is 1.15 bits per heavy atom. The minimum atomic E-state index is -1.11. The van der Waals surface area contributed by atoms with E-state index in [1.807, 2.05) is 0 Å². The molecule has 0 aliphatic heterocycles. The number of fused-ring (bicyclic) bond motifs is 1. The van der Waals surface area contributed by atoms with E-state index < -0.39 is 23.9 Å². The number of aliphatic hydroxyl groups is 1. The largest absolute Gasteiger partial charge is 0.481 e. The molecule has 0 saturated heterocycles. The van der Waals surface area contributed by atoms with Crippen molar-refractivity contribution >= 4 is 22.7 Å². The lowest BCUT2D eigenvalue weighted by molar-refractivity contribution is -0.136. The fourth-order valence-corrected chi connectivity index (χ4v) is 2.12. The van der Waals surface area contributed by atoms with Crippen LogP contribution in [0.2, 0.25) is 0 Å². The standard InChI is InChI=1S/C14H13NO5/c16-7-9-8-3-1-2-4-10(8)15-14(20)13(9)11(17)5-6-12(18)19/h1-4,16H,5-7H2,(H,15,20)(H,18,19). The highest BCUT2D eigenvalue weighted by molar-refractivity contribution is 6.02. The van der Waals surface area contributed by atoms with Gasteiger partial charge in [0.15, 0.2) is 5.78 Å². The molecular weight excluding hydrogens is 262 g/mol. The molecule has 0 unspecified atom stereocenters. The van der Waals surface area contributed by atoms with Crippen LogP contribution in [0.25, 0.3) is 10.9 Å². The number of carbonyl (C=O) groups is 2. The van der Waals surface area contributed by atoms with Crippen LogP contribution >= 0.6 is 0 Å². The summed E-state index contributed by atoms with van der Waals surface area (Å²) in [5.74, 6) is -1.69. The molecule has 0 aliphatic carbocycles. The average molecular weight is 275 g/mol. The first-order valence-corrected chi connectivity index (χ1v) is 6.04. The highest BCUT2D eigenvalue weighted by Crippen LogP contribution is 2.19. The van der Waals surface area contributed by atoms with Crippen molar-refractivity contribution in [3.05, 3.63) is 45.7 Å². The van der Waals surface area contributed by atoms with Crippen LogP contribution in [0.4, 0.5) is 0 Å². The van der Waals surface area contributed by atoms with Crippen LogP contribution in [0.5, 0.6) is 0 Å². The third-order valence-corrected chi connectivity index (χ3v) is 3.03. The molecule has 0 atom stereocenters. The summed E-state index contributed by atoms with van der Waals surface area (Å²) < 4.78 is 0. The van der Waals surface area contributed by atoms with Gasteiger partial charge in [0.2, 0.25) is 0 Å². The summed E-state index contributed by atoms with van der Waals surface area (Å²) >= 11 is 0. The highest BCUT2D eigenvalue weighted by Gasteiger charge is 2.19. The minimum absolute atomic E-state index is 0.160. The molecule has 104 valence electrons. The predicted octanol–water partition coefficient (Wildman–Crippen LogP) is 1.07. The van der Waals surface area contributed by atoms with E-state index in [0.29, 0.717) is 10.9 Å². The number of carbonyl (C=O) groups excluding carboxylic acids is 1. The SMILES string of the molecule is O=C(O)CCC(=O)c1c(CO)c2ccccc2[nH]c1=O. The van der Waals surface area contributed by atoms with Gasteiger partial charge in [-0.3, -0.25) is 14.4 Å². The monoisotopic (exact) mass is 275 g/mol. The zero-order valence-electron chi connectivity index (χ0n) is 10.5. The molecular formula is C14H13NO5. The Balaban J connectivity index is 2.57. The van der Waals surface area contributed by atoms with Gasteiger partial charge in [0.25, 0.3) is 5.56 Å². The smallest absolute Gasteiger partial charge is 0.303 e. The third-order valence-electron chi connectivity index (χ3n) is 3.03. The van der Waals surface area contributed by atoms with Crippen molar-refractivity contribution in [2.45, 2.75) is 19.4 Å². The zero-order chi connectivity index (χ0) is 14.7. The molecule has 6 nitrogen and oxygen atoms in total. The molecule has 0 radical (unpaired) electrons.